The summed E-state index contributed by atoms with van der Waals surface area (Å²) in [5, 5.41) is 114. The van der Waals surface area contributed by atoms with Crippen molar-refractivity contribution in [2.75, 3.05) is 30.4 Å². The molecule has 73 heavy (non-hydrogen) atoms. The summed E-state index contributed by atoms with van der Waals surface area (Å²) in [6, 6.07) is 5.31. The number of hydrogen-bond donors (Lipinski definition) is 9. The second-order valence-corrected chi connectivity index (χ2v) is 28.8. The van der Waals surface area contributed by atoms with E-state index in [0.717, 1.165) is 22.8 Å². The maximum Gasteiger partial charge on any atom is 0.234 e. The standard InChI is InChI=1S/C58H81NO12S2/c1-32(2)33(3)46-47(71-46)55(68)19-8-12-35-24-40-41-26-44(64)54(27-45(65)57(70,31-61)52(50(40,54)4)17-5-6-18-52)49(67)73-72-29-37-11-7-10-36(28-60)58(37)48(66)59(30-51(58)16-9-13-43(51)63)38-22-34(23-39(62)25-38)14-20-53(35)42(55)15-21-56(41,53)69/h8,12,22-23,25-26,32-33,35-37,40,42-43,45-47,49,60-63,65,67-70H,5-7,9-11,13-21,24,27-31H2,1-4H3. The van der Waals surface area contributed by atoms with Gasteiger partial charge in [0.25, 0.3) is 0 Å². The molecule has 13 aliphatic rings. The van der Waals surface area contributed by atoms with Crippen LogP contribution in [0, 0.1) is 73.9 Å². The van der Waals surface area contributed by atoms with Crippen LogP contribution in [0.5, 0.6) is 5.75 Å². The van der Waals surface area contributed by atoms with E-state index >= 15 is 9.59 Å². The Bertz CT molecular complexity index is 2480. The smallest absolute Gasteiger partial charge is 0.234 e. The number of phenolic OH excluding ortho intramolecular Hbond substituents is 1. The zero-order valence-corrected chi connectivity index (χ0v) is 44.9. The molecule has 8 bridgehead atoms. The maximum absolute atomic E-state index is 16.2. The molecule has 1 aromatic rings. The van der Waals surface area contributed by atoms with Crippen molar-refractivity contribution in [2.24, 2.45) is 73.9 Å². The number of rotatable bonds is 5. The lowest BCUT2D eigenvalue weighted by molar-refractivity contribution is -0.309. The van der Waals surface area contributed by atoms with Crippen molar-refractivity contribution >= 4 is 39.0 Å². The Morgan fingerprint density at radius 1 is 0.890 bits per heavy atom. The van der Waals surface area contributed by atoms with Gasteiger partial charge in [0.1, 0.15) is 28.5 Å². The Hall–Kier alpha value is -2.02. The third kappa shape index (κ3) is 6.17. The number of anilines is 1. The number of ether oxygens (including phenoxy) is 1. The topological polar surface area (TPSA) is 232 Å². The number of aromatic hydroxyl groups is 1. The fraction of sp³-hybridized carbons (Fsp3) is 0.793. The Morgan fingerprint density at radius 3 is 2.36 bits per heavy atom. The summed E-state index contributed by atoms with van der Waals surface area (Å²) in [4.78, 5) is 33.9. The first-order chi connectivity index (χ1) is 34.7. The number of benzene rings is 1. The zero-order chi connectivity index (χ0) is 51.7. The van der Waals surface area contributed by atoms with Gasteiger partial charge in [-0.1, -0.05) is 87.1 Å². The van der Waals surface area contributed by atoms with Gasteiger partial charge in [0.15, 0.2) is 5.78 Å². The molecule has 1 aromatic carbocycles. The summed E-state index contributed by atoms with van der Waals surface area (Å²) in [6.07, 6.45) is 10.4. The highest BCUT2D eigenvalue weighted by atomic mass is 33.1. The molecule has 1 amide bonds. The van der Waals surface area contributed by atoms with E-state index in [1.54, 1.807) is 23.1 Å². The van der Waals surface area contributed by atoms with Crippen molar-refractivity contribution in [1.29, 1.82) is 0 Å². The Morgan fingerprint density at radius 2 is 1.66 bits per heavy atom. The number of carbonyl (C=O) groups excluding carboxylic acids is 2. The van der Waals surface area contributed by atoms with Gasteiger partial charge >= 0.3 is 0 Å². The average Bonchev–Trinajstić information content (AvgIpc) is 3.57. The van der Waals surface area contributed by atoms with Crippen molar-refractivity contribution in [3.8, 4) is 5.75 Å². The van der Waals surface area contributed by atoms with Crippen LogP contribution in [0.4, 0.5) is 5.69 Å². The lowest BCUT2D eigenvalue weighted by Crippen LogP contribution is -2.79. The molecule has 9 N–H and O–H groups in total. The summed E-state index contributed by atoms with van der Waals surface area (Å²) >= 11 is 0. The fourth-order valence-electron chi connectivity index (χ4n) is 20.7. The van der Waals surface area contributed by atoms with Crippen LogP contribution < -0.4 is 4.90 Å². The highest BCUT2D eigenvalue weighted by Crippen LogP contribution is 2.81. The summed E-state index contributed by atoms with van der Waals surface area (Å²) in [7, 11) is 2.54. The number of amides is 1. The highest BCUT2D eigenvalue weighted by molar-refractivity contribution is 8.76. The molecule has 2 saturated heterocycles. The van der Waals surface area contributed by atoms with Crippen molar-refractivity contribution in [3.63, 3.8) is 0 Å². The Labute approximate surface area is 438 Å². The first kappa shape index (κ1) is 51.7. The van der Waals surface area contributed by atoms with Gasteiger partial charge in [-0.15, -0.1) is 0 Å². The van der Waals surface area contributed by atoms with Crippen molar-refractivity contribution in [2.45, 2.75) is 184 Å². The molecule has 8 aliphatic carbocycles. The molecule has 19 atom stereocenters. The Kier molecular flexibility index (Phi) is 12.2. The van der Waals surface area contributed by atoms with Crippen LogP contribution in [0.3, 0.4) is 0 Å². The number of aryl methyl sites for hydroxylation is 1. The molecular weight excluding hydrogens is 967 g/mol. The normalized spacial score (nSPS) is 50.1. The first-order valence-corrected chi connectivity index (χ1v) is 30.5. The van der Waals surface area contributed by atoms with E-state index in [2.05, 4.69) is 32.9 Å². The van der Waals surface area contributed by atoms with Gasteiger partial charge in [-0.2, -0.15) is 0 Å². The number of nitrogens with zero attached hydrogens (tertiary/aromatic N) is 1. The number of aliphatic hydroxyl groups excluding tert-OH is 5. The molecule has 14 rings (SSSR count). The first-order valence-electron chi connectivity index (χ1n) is 28.1. The van der Waals surface area contributed by atoms with E-state index in [0.29, 0.717) is 113 Å². The van der Waals surface area contributed by atoms with Gasteiger partial charge < -0.3 is 55.6 Å². The molecule has 5 heterocycles. The van der Waals surface area contributed by atoms with Crippen LogP contribution in [-0.4, -0.2) is 130 Å². The minimum Gasteiger partial charge on any atom is -0.508 e. The summed E-state index contributed by atoms with van der Waals surface area (Å²) in [5.41, 5.74) is -12.2. The average molecular weight is 1050 g/mol. The van der Waals surface area contributed by atoms with Crippen LogP contribution >= 0.6 is 21.6 Å². The highest BCUT2D eigenvalue weighted by Gasteiger charge is 2.84. The van der Waals surface area contributed by atoms with Crippen LogP contribution in [-0.2, 0) is 20.7 Å². The van der Waals surface area contributed by atoms with Crippen LogP contribution in [0.1, 0.15) is 136 Å². The zero-order valence-electron chi connectivity index (χ0n) is 43.3. The lowest BCUT2D eigenvalue weighted by atomic mass is 9.31. The largest absolute Gasteiger partial charge is 0.508 e. The Balaban J connectivity index is 1.09. The van der Waals surface area contributed by atoms with Crippen LogP contribution in [0.25, 0.3) is 0 Å². The molecule has 15 heteroatoms. The molecule has 5 spiro atoms. The predicted octanol–water partition coefficient (Wildman–Crippen LogP) is 6.38. The summed E-state index contributed by atoms with van der Waals surface area (Å²) < 4.78 is 6.56. The number of allylic oxidation sites excluding steroid dienone is 2. The van der Waals surface area contributed by atoms with Gasteiger partial charge in [-0.05, 0) is 154 Å². The number of epoxide rings is 1. The second-order valence-electron chi connectivity index (χ2n) is 26.3. The molecule has 402 valence electrons. The van der Waals surface area contributed by atoms with Crippen LogP contribution in [0.15, 0.2) is 42.0 Å². The lowest BCUT2D eigenvalue weighted by Gasteiger charge is -2.74. The van der Waals surface area contributed by atoms with E-state index < -0.39 is 109 Å². The molecule has 8 fully saturated rings. The molecule has 0 aromatic heterocycles. The number of hydrogen-bond acceptors (Lipinski definition) is 14. The van der Waals surface area contributed by atoms with Crippen LogP contribution in [0.2, 0.25) is 0 Å². The number of ketones is 1. The number of carbonyl (C=O) groups is 2. The van der Waals surface area contributed by atoms with Gasteiger partial charge in [0.2, 0.25) is 5.91 Å². The van der Waals surface area contributed by atoms with E-state index in [4.69, 9.17) is 4.74 Å². The number of aliphatic hydroxyl groups is 8. The SMILES string of the molecule is CC(C)C(C)C1OC1C1(O)CC=CC2CC3C4=CC(=O)C5(CC(O)C(O)(CO)C6(CCCC6)C35C)C(O)SSCC3CCCC(CO)C35C(=O)N(CC53CCCC3O)c3cc(O)cc(c3)CCC23C1CCC43O. The van der Waals surface area contributed by atoms with Crippen molar-refractivity contribution in [1.82, 2.24) is 0 Å². The van der Waals surface area contributed by atoms with Crippen molar-refractivity contribution < 1.29 is 60.3 Å². The van der Waals surface area contributed by atoms with Crippen molar-refractivity contribution in [3.05, 3.63) is 47.6 Å². The van der Waals surface area contributed by atoms with E-state index in [1.165, 1.54) is 10.8 Å². The summed E-state index contributed by atoms with van der Waals surface area (Å²) in [5.74, 6) is -2.12. The maximum atomic E-state index is 16.2. The van der Waals surface area contributed by atoms with Gasteiger partial charge in [-0.25, -0.2) is 0 Å². The predicted molar refractivity (Wildman–Crippen MR) is 278 cm³/mol. The minimum atomic E-state index is -2.04. The molecular formula is C58H81NO12S2. The monoisotopic (exact) mass is 1050 g/mol. The molecule has 0 radical (unpaired) electrons. The molecule has 19 unspecified atom stereocenters. The van der Waals surface area contributed by atoms with E-state index in [9.17, 15) is 46.0 Å². The molecule has 5 aliphatic heterocycles. The molecule has 6 saturated carbocycles. The quantitative estimate of drug-likeness (QED) is 0.0887. The minimum absolute atomic E-state index is 0.0239. The van der Waals surface area contributed by atoms with Gasteiger partial charge in [0, 0.05) is 52.8 Å². The van der Waals surface area contributed by atoms with Gasteiger partial charge in [0.05, 0.1) is 41.3 Å². The third-order valence-electron chi connectivity index (χ3n) is 24.3. The summed E-state index contributed by atoms with van der Waals surface area (Å²) in [6.45, 7) is 7.71. The fourth-order valence-corrected chi connectivity index (χ4v) is 23.7. The number of fused-ring (bicyclic) bond motifs is 1. The van der Waals surface area contributed by atoms with E-state index in [1.807, 2.05) is 13.0 Å². The number of phenols is 1. The van der Waals surface area contributed by atoms with Gasteiger partial charge in [-0.3, -0.25) is 9.59 Å². The van der Waals surface area contributed by atoms with E-state index in [-0.39, 0.29) is 55.6 Å². The molecule has 13 nitrogen and oxygen atoms in total. The third-order valence-corrected chi connectivity index (χ3v) is 26.9. The second kappa shape index (κ2) is 17.2.